The molecule has 3 N–H and O–H groups in total. The van der Waals surface area contributed by atoms with Crippen molar-refractivity contribution in [3.63, 3.8) is 0 Å². The van der Waals surface area contributed by atoms with E-state index in [1.165, 1.54) is 110 Å². The van der Waals surface area contributed by atoms with E-state index < -0.39 is 0 Å². The smallest absolute Gasteiger partial charge is 0.155 e. The molecule has 0 spiro atoms. The van der Waals surface area contributed by atoms with Crippen molar-refractivity contribution in [1.82, 2.24) is 15.0 Å². The Labute approximate surface area is 737 Å². The van der Waals surface area contributed by atoms with Gasteiger partial charge in [0.1, 0.15) is 17.3 Å². The molecule has 0 saturated carbocycles. The first-order chi connectivity index (χ1) is 53.1. The van der Waals surface area contributed by atoms with Crippen LogP contribution in [0.4, 0.5) is 0 Å². The van der Waals surface area contributed by atoms with E-state index >= 15 is 0 Å². The van der Waals surface area contributed by atoms with E-state index in [1.807, 2.05) is 18.6 Å². The van der Waals surface area contributed by atoms with Crippen LogP contribution in [-0.4, -0.2) is 47.6 Å². The molecule has 12 rings (SSSR count). The predicted molar refractivity (Wildman–Crippen MR) is 473 cm³/mol. The van der Waals surface area contributed by atoms with E-state index in [4.69, 9.17) is 38.5 Å². The Kier molecular flexibility index (Phi) is 37.4. The van der Waals surface area contributed by atoms with Gasteiger partial charge in [0.15, 0.2) is 34.1 Å². The topological polar surface area (TPSA) is 190 Å². The standard InChI is InChI=1S/2C30H34NO.C27H28NO.3C5H8O2.3Ir/c1-18(2)21-11-22(19(3)4)13-24(12-21)28-16-25-15-27(31-17-29(25)32-28)23-9-20(5)10-26(14-23)30(6,7)8;1-18(2)24-10-9-11-25(19(3)4)29(24)27-16-22-15-26(31-17-28(22)32-27)21-12-20(5)13-23(14-21)30(6,7)8;1-17(2)19-7-9-20(10-8-19)25-15-22-14-24(28-16-26(22)29-25)21-11-18(3)12-23(13-21)27(4,5)6;3*1-4(6)3-5(2)7;;;/h10-19H,1-8H3;9-11,13-19H,1-8H3;7-10,12-17H,1-6H3;3*3,6H,1-2H3;;;/q3*-1;;;;;;. The Morgan fingerprint density at radius 3 is 0.915 bits per heavy atom. The molecule has 0 unspecified atom stereocenters. The van der Waals surface area contributed by atoms with Crippen LogP contribution in [0.3, 0.4) is 0 Å². The van der Waals surface area contributed by atoms with Crippen molar-refractivity contribution >= 4 is 50.3 Å². The van der Waals surface area contributed by atoms with Gasteiger partial charge in [-0.05, 0) is 163 Å². The number of aromatic nitrogens is 3. The SMILES string of the molecule is CC(=O)C=C(C)O.CC(=O)C=C(C)O.CC(=O)C=C(C)O.Cc1[c-]c(-c2cc3cc(-c4c(C(C)C)cccc4C(C)C)oc3cn2)cc(C(C)(C)C)c1.Cc1[c-]c(-c2cc3cc(-c4cc(C(C)C)cc(C(C)C)c4)oc3cn2)cc(C(C)(C)C)c1.Cc1[c-]c(-c2cc3cc(-c4ccc(C(C)C)cc4)oc3cn2)cc(C(C)(C)C)c1.[Ir].[Ir].[Ir]. The van der Waals surface area contributed by atoms with Crippen LogP contribution in [0.5, 0.6) is 0 Å². The maximum atomic E-state index is 10.0. The monoisotopic (exact) mass is 2110 g/mol. The van der Waals surface area contributed by atoms with Crippen LogP contribution in [0.2, 0.25) is 0 Å². The molecule has 0 aliphatic carbocycles. The Balaban J connectivity index is 0.000000324. The number of furan rings is 3. The molecule has 0 saturated heterocycles. The fourth-order valence-corrected chi connectivity index (χ4v) is 12.8. The molecule has 117 heavy (non-hydrogen) atoms. The summed E-state index contributed by atoms with van der Waals surface area (Å²) in [6, 6.07) is 58.5. The van der Waals surface area contributed by atoms with Gasteiger partial charge in [0.25, 0.3) is 0 Å². The van der Waals surface area contributed by atoms with E-state index in [0.717, 1.165) is 112 Å². The molecule has 0 fully saturated rings. The molecule has 0 amide bonds. The Morgan fingerprint density at radius 2 is 0.650 bits per heavy atom. The molecule has 0 aliphatic rings. The summed E-state index contributed by atoms with van der Waals surface area (Å²) in [6.45, 7) is 57.3. The normalized spacial score (nSPS) is 11.8. The second kappa shape index (κ2) is 43.6. The minimum absolute atomic E-state index is 0. The third kappa shape index (κ3) is 29.5. The van der Waals surface area contributed by atoms with Crippen molar-refractivity contribution in [1.29, 1.82) is 0 Å². The number of ketones is 3. The zero-order chi connectivity index (χ0) is 84.8. The van der Waals surface area contributed by atoms with Gasteiger partial charge in [-0.3, -0.25) is 14.4 Å². The average Bonchev–Trinajstić information content (AvgIpc) is 1.64. The predicted octanol–water partition coefficient (Wildman–Crippen LogP) is 28.4. The van der Waals surface area contributed by atoms with Crippen molar-refractivity contribution in [3.05, 3.63) is 267 Å². The fourth-order valence-electron chi connectivity index (χ4n) is 12.8. The van der Waals surface area contributed by atoms with E-state index in [-0.39, 0.29) is 111 Å². The molecule has 6 aromatic heterocycles. The molecule has 627 valence electrons. The second-order valence-corrected chi connectivity index (χ2v) is 34.6. The molecule has 3 radical (unpaired) electrons. The van der Waals surface area contributed by atoms with Crippen molar-refractivity contribution in [2.75, 3.05) is 0 Å². The van der Waals surface area contributed by atoms with Crippen LogP contribution in [0.15, 0.2) is 201 Å². The van der Waals surface area contributed by atoms with Crippen LogP contribution in [0.25, 0.3) is 101 Å². The van der Waals surface area contributed by atoms with Crippen molar-refractivity contribution in [3.8, 4) is 67.7 Å². The van der Waals surface area contributed by atoms with Crippen LogP contribution in [0.1, 0.15) is 264 Å². The molecular weight excluding hydrogens is 1990 g/mol. The number of hydrogen-bond acceptors (Lipinski definition) is 12. The zero-order valence-electron chi connectivity index (χ0n) is 73.7. The molecule has 0 aliphatic heterocycles. The molecule has 0 atom stereocenters. The van der Waals surface area contributed by atoms with Gasteiger partial charge in [-0.1, -0.05) is 219 Å². The van der Waals surface area contributed by atoms with Gasteiger partial charge in [-0.15, -0.1) is 105 Å². The number of pyridine rings is 3. The first-order valence-corrected chi connectivity index (χ1v) is 39.5. The van der Waals surface area contributed by atoms with Gasteiger partial charge in [0.05, 0.1) is 35.9 Å². The summed E-state index contributed by atoms with van der Waals surface area (Å²) in [5.74, 6) is 4.81. The maximum Gasteiger partial charge on any atom is 0.155 e. The van der Waals surface area contributed by atoms with E-state index in [9.17, 15) is 14.4 Å². The minimum Gasteiger partial charge on any atom is -0.512 e. The number of rotatable bonds is 14. The summed E-state index contributed by atoms with van der Waals surface area (Å²) in [5, 5.41) is 28.3. The number of aliphatic hydroxyl groups is 3. The third-order valence-electron chi connectivity index (χ3n) is 19.0. The number of benzene rings is 6. The molecule has 6 aromatic carbocycles. The van der Waals surface area contributed by atoms with Gasteiger partial charge in [0, 0.05) is 111 Å². The fraction of sp³-hybridized carbons (Fsp3) is 0.353. The summed E-state index contributed by atoms with van der Waals surface area (Å²) >= 11 is 0. The molecule has 15 heteroatoms. The van der Waals surface area contributed by atoms with E-state index in [0.29, 0.717) is 29.6 Å². The number of carbonyl (C=O) groups excluding carboxylic acids is 3. The number of fused-ring (bicyclic) bond motifs is 3. The zero-order valence-corrected chi connectivity index (χ0v) is 80.9. The Bertz CT molecular complexity index is 5330. The molecular formula is C102H120Ir3N3O9-3. The average molecular weight is 2110 g/mol. The summed E-state index contributed by atoms with van der Waals surface area (Å²) < 4.78 is 18.7. The summed E-state index contributed by atoms with van der Waals surface area (Å²) in [6.07, 6.45) is 9.02. The minimum atomic E-state index is -0.125. The molecule has 12 aromatic rings. The van der Waals surface area contributed by atoms with E-state index in [1.54, 1.807) is 0 Å². The van der Waals surface area contributed by atoms with Gasteiger partial charge in [-0.2, -0.15) is 0 Å². The van der Waals surface area contributed by atoms with Crippen molar-refractivity contribution in [2.24, 2.45) is 0 Å². The van der Waals surface area contributed by atoms with Crippen LogP contribution in [-0.2, 0) is 90.9 Å². The number of hydrogen-bond donors (Lipinski definition) is 3. The van der Waals surface area contributed by atoms with Crippen LogP contribution < -0.4 is 0 Å². The number of carbonyl (C=O) groups is 3. The number of aliphatic hydroxyl groups excluding tert-OH is 3. The Morgan fingerprint density at radius 1 is 0.359 bits per heavy atom. The van der Waals surface area contributed by atoms with Crippen LogP contribution >= 0.6 is 0 Å². The van der Waals surface area contributed by atoms with E-state index in [2.05, 4.69) is 309 Å². The number of nitrogens with zero attached hydrogens (tertiary/aromatic N) is 3. The summed E-state index contributed by atoms with van der Waals surface area (Å²) in [7, 11) is 0. The van der Waals surface area contributed by atoms with Crippen molar-refractivity contribution < 1.29 is 103 Å². The van der Waals surface area contributed by atoms with Crippen molar-refractivity contribution in [2.45, 2.75) is 240 Å². The number of allylic oxidation sites excluding steroid dienone is 6. The molecule has 12 nitrogen and oxygen atoms in total. The first kappa shape index (κ1) is 100. The molecule has 6 heterocycles. The largest absolute Gasteiger partial charge is 0.512 e. The first-order valence-electron chi connectivity index (χ1n) is 39.5. The third-order valence-corrected chi connectivity index (χ3v) is 19.0. The maximum absolute atomic E-state index is 10.0. The van der Waals surface area contributed by atoms with Gasteiger partial charge in [-0.25, -0.2) is 0 Å². The second-order valence-electron chi connectivity index (χ2n) is 34.6. The molecule has 0 bridgehead atoms. The summed E-state index contributed by atoms with van der Waals surface area (Å²) in [5.41, 5.74) is 26.0. The van der Waals surface area contributed by atoms with Gasteiger partial charge >= 0.3 is 0 Å². The Hall–Kier alpha value is -9.03. The number of aryl methyl sites for hydroxylation is 3. The quantitative estimate of drug-likeness (QED) is 0.0531. The van der Waals surface area contributed by atoms with Crippen LogP contribution in [0, 0.1) is 39.0 Å². The van der Waals surface area contributed by atoms with Gasteiger partial charge < -0.3 is 43.5 Å². The van der Waals surface area contributed by atoms with Gasteiger partial charge in [0.2, 0.25) is 0 Å². The summed E-state index contributed by atoms with van der Waals surface area (Å²) in [4.78, 5) is 44.2.